The Morgan fingerprint density at radius 3 is 2.27 bits per heavy atom. The zero-order valence-electron chi connectivity index (χ0n) is 23.4. The first kappa shape index (κ1) is 30.2. The number of benzene rings is 3. The van der Waals surface area contributed by atoms with Crippen molar-refractivity contribution in [1.82, 2.24) is 9.88 Å². The van der Waals surface area contributed by atoms with Crippen LogP contribution in [0.3, 0.4) is 0 Å². The van der Waals surface area contributed by atoms with E-state index >= 15 is 0 Å². The highest BCUT2D eigenvalue weighted by molar-refractivity contribution is 14.1. The van der Waals surface area contributed by atoms with E-state index < -0.39 is 11.7 Å². The molecular formula is C33H39IN2O4. The summed E-state index contributed by atoms with van der Waals surface area (Å²) < 4.78 is 14.6. The third kappa shape index (κ3) is 7.94. The summed E-state index contributed by atoms with van der Waals surface area (Å²) in [4.78, 5) is 13.2. The fourth-order valence-corrected chi connectivity index (χ4v) is 5.68. The molecule has 0 unspecified atom stereocenters. The number of aliphatic hydroxyl groups excluding tert-OH is 1. The maximum absolute atomic E-state index is 13.2. The van der Waals surface area contributed by atoms with Gasteiger partial charge in [0.25, 0.3) is 0 Å². The van der Waals surface area contributed by atoms with Gasteiger partial charge in [-0.3, -0.25) is 4.57 Å². The molecule has 0 amide bonds. The average molecular weight is 655 g/mol. The number of fused-ring (bicyclic) bond motifs is 1. The lowest BCUT2D eigenvalue weighted by molar-refractivity contribution is 0.0544. The van der Waals surface area contributed by atoms with Crippen LogP contribution >= 0.6 is 22.6 Å². The van der Waals surface area contributed by atoms with E-state index in [-0.39, 0.29) is 24.6 Å². The molecule has 2 N–H and O–H groups in total. The highest BCUT2D eigenvalue weighted by atomic mass is 127. The second kappa shape index (κ2) is 14.3. The molecule has 4 rings (SSSR count). The number of aliphatic hydroxyl groups is 1. The van der Waals surface area contributed by atoms with Crippen molar-refractivity contribution in [3.05, 3.63) is 108 Å². The molecule has 0 aliphatic rings. The van der Waals surface area contributed by atoms with Gasteiger partial charge < -0.3 is 19.9 Å². The van der Waals surface area contributed by atoms with E-state index in [1.807, 2.05) is 93.7 Å². The van der Waals surface area contributed by atoms with Crippen LogP contribution < -0.4 is 5.32 Å². The predicted molar refractivity (Wildman–Crippen MR) is 169 cm³/mol. The van der Waals surface area contributed by atoms with Crippen molar-refractivity contribution in [2.45, 2.75) is 57.4 Å². The molecule has 3 aromatic carbocycles. The zero-order chi connectivity index (χ0) is 28.5. The lowest BCUT2D eigenvalue weighted by Gasteiger charge is -2.31. The van der Waals surface area contributed by atoms with Gasteiger partial charge in [-0.1, -0.05) is 101 Å². The van der Waals surface area contributed by atoms with Crippen LogP contribution in [0.5, 0.6) is 0 Å². The van der Waals surface area contributed by atoms with Crippen molar-refractivity contribution in [2.24, 2.45) is 0 Å². The molecule has 0 bridgehead atoms. The van der Waals surface area contributed by atoms with Crippen LogP contribution in [0.1, 0.15) is 55.8 Å². The summed E-state index contributed by atoms with van der Waals surface area (Å²) in [5.41, 5.74) is 3.39. The molecule has 3 atom stereocenters. The number of carbonyl (C=O) groups is 1. The standard InChI is InChI=1S/C33H39IN2O4/c1-33(2,3)40-32(38)36-20-28(27-16-10-11-17-31(27)36)26(18-19-34)30(23-39-22-24-12-6-4-7-13-24)35-29(21-37)25-14-8-5-9-15-25/h4-17,20,26,29-30,35,37H,18-19,21-23H2,1-3H3/t26-,29+,30+/m1/s1. The number of halogens is 1. The lowest BCUT2D eigenvalue weighted by atomic mass is 9.88. The van der Waals surface area contributed by atoms with Gasteiger partial charge in [-0.15, -0.1) is 0 Å². The molecular weight excluding hydrogens is 615 g/mol. The minimum Gasteiger partial charge on any atom is -0.443 e. The van der Waals surface area contributed by atoms with E-state index in [1.165, 1.54) is 0 Å². The number of nitrogens with one attached hydrogen (secondary N) is 1. The Morgan fingerprint density at radius 1 is 0.975 bits per heavy atom. The molecule has 212 valence electrons. The minimum atomic E-state index is -0.608. The van der Waals surface area contributed by atoms with Gasteiger partial charge in [-0.2, -0.15) is 0 Å². The van der Waals surface area contributed by atoms with Crippen molar-refractivity contribution in [1.29, 1.82) is 0 Å². The van der Waals surface area contributed by atoms with Crippen molar-refractivity contribution in [2.75, 3.05) is 17.6 Å². The molecule has 0 radical (unpaired) electrons. The Bertz CT molecular complexity index is 1350. The molecule has 1 aromatic heterocycles. The first-order valence-electron chi connectivity index (χ1n) is 13.7. The summed E-state index contributed by atoms with van der Waals surface area (Å²) in [5.74, 6) is 0.0130. The van der Waals surface area contributed by atoms with Gasteiger partial charge in [-0.25, -0.2) is 4.79 Å². The summed E-state index contributed by atoms with van der Waals surface area (Å²) in [6.07, 6.45) is 2.39. The molecule has 7 heteroatoms. The van der Waals surface area contributed by atoms with Crippen LogP contribution in [0, 0.1) is 0 Å². The summed E-state index contributed by atoms with van der Waals surface area (Å²) in [7, 11) is 0. The normalized spacial score (nSPS) is 14.1. The predicted octanol–water partition coefficient (Wildman–Crippen LogP) is 7.24. The second-order valence-electron chi connectivity index (χ2n) is 11.0. The molecule has 0 aliphatic heterocycles. The van der Waals surface area contributed by atoms with Crippen LogP contribution in [-0.2, 0) is 16.1 Å². The Kier molecular flexibility index (Phi) is 10.8. The molecule has 0 saturated heterocycles. The number of para-hydroxylation sites is 1. The number of nitrogens with zero attached hydrogens (tertiary/aromatic N) is 1. The van der Waals surface area contributed by atoms with Crippen LogP contribution in [0.2, 0.25) is 0 Å². The SMILES string of the molecule is CC(C)(C)OC(=O)n1cc([C@@H](CCI)[C@H](COCc2ccccc2)N[C@@H](CO)c2ccccc2)c2ccccc21. The summed E-state index contributed by atoms with van der Waals surface area (Å²) in [6.45, 7) is 6.50. The second-order valence-corrected chi connectivity index (χ2v) is 12.0. The largest absolute Gasteiger partial charge is 0.443 e. The maximum atomic E-state index is 13.2. The van der Waals surface area contributed by atoms with Crippen LogP contribution in [0.25, 0.3) is 10.9 Å². The lowest BCUT2D eigenvalue weighted by Crippen LogP contribution is -2.42. The van der Waals surface area contributed by atoms with E-state index in [0.717, 1.165) is 38.4 Å². The zero-order valence-corrected chi connectivity index (χ0v) is 25.6. The van der Waals surface area contributed by atoms with Gasteiger partial charge in [0.1, 0.15) is 5.60 Å². The third-order valence-electron chi connectivity index (χ3n) is 6.85. The molecule has 0 aliphatic carbocycles. The molecule has 0 spiro atoms. The van der Waals surface area contributed by atoms with E-state index in [2.05, 4.69) is 46.1 Å². The molecule has 0 fully saturated rings. The first-order chi connectivity index (χ1) is 19.3. The van der Waals surface area contributed by atoms with Crippen molar-refractivity contribution < 1.29 is 19.4 Å². The maximum Gasteiger partial charge on any atom is 0.419 e. The Morgan fingerprint density at radius 2 is 1.62 bits per heavy atom. The molecule has 4 aromatic rings. The fourth-order valence-electron chi connectivity index (χ4n) is 5.01. The molecule has 1 heterocycles. The van der Waals surface area contributed by atoms with Gasteiger partial charge in [0.2, 0.25) is 0 Å². The van der Waals surface area contributed by atoms with Crippen LogP contribution in [0.4, 0.5) is 4.79 Å². The minimum absolute atomic E-state index is 0.0130. The van der Waals surface area contributed by atoms with E-state index in [0.29, 0.717) is 13.2 Å². The van der Waals surface area contributed by atoms with Gasteiger partial charge in [0.15, 0.2) is 0 Å². The number of ether oxygens (including phenoxy) is 2. The highest BCUT2D eigenvalue weighted by Crippen LogP contribution is 2.34. The van der Waals surface area contributed by atoms with Crippen molar-refractivity contribution in [3.63, 3.8) is 0 Å². The van der Waals surface area contributed by atoms with Gasteiger partial charge in [0, 0.05) is 28.0 Å². The summed E-state index contributed by atoms with van der Waals surface area (Å²) in [6, 6.07) is 27.7. The smallest absolute Gasteiger partial charge is 0.419 e. The number of carbonyl (C=O) groups excluding carboxylic acids is 1. The van der Waals surface area contributed by atoms with Crippen molar-refractivity contribution >= 4 is 39.6 Å². The van der Waals surface area contributed by atoms with Gasteiger partial charge >= 0.3 is 6.09 Å². The van der Waals surface area contributed by atoms with Crippen LogP contribution in [0.15, 0.2) is 91.1 Å². The highest BCUT2D eigenvalue weighted by Gasteiger charge is 2.30. The number of alkyl halides is 1. The number of hydrogen-bond acceptors (Lipinski definition) is 5. The first-order valence-corrected chi connectivity index (χ1v) is 15.3. The monoisotopic (exact) mass is 654 g/mol. The Balaban J connectivity index is 1.71. The Hall–Kier alpha value is -2.72. The Labute approximate surface area is 250 Å². The third-order valence-corrected chi connectivity index (χ3v) is 7.47. The number of aromatic nitrogens is 1. The topological polar surface area (TPSA) is 72.7 Å². The number of hydrogen-bond donors (Lipinski definition) is 2. The average Bonchev–Trinajstić information content (AvgIpc) is 3.34. The van der Waals surface area contributed by atoms with E-state index in [1.54, 1.807) is 4.57 Å². The summed E-state index contributed by atoms with van der Waals surface area (Å²) >= 11 is 2.41. The van der Waals surface area contributed by atoms with Crippen molar-refractivity contribution in [3.8, 4) is 0 Å². The quantitative estimate of drug-likeness (QED) is 0.125. The van der Waals surface area contributed by atoms with Crippen LogP contribution in [-0.4, -0.2) is 45.1 Å². The molecule has 40 heavy (non-hydrogen) atoms. The van der Waals surface area contributed by atoms with E-state index in [9.17, 15) is 9.90 Å². The van der Waals surface area contributed by atoms with Gasteiger partial charge in [-0.05, 0) is 49.9 Å². The fraction of sp³-hybridized carbons (Fsp3) is 0.364. The van der Waals surface area contributed by atoms with Gasteiger partial charge in [0.05, 0.1) is 31.4 Å². The van der Waals surface area contributed by atoms with E-state index in [4.69, 9.17) is 9.47 Å². The molecule has 6 nitrogen and oxygen atoms in total. The summed E-state index contributed by atoms with van der Waals surface area (Å²) in [5, 5.41) is 15.1. The molecule has 0 saturated carbocycles. The number of rotatable bonds is 12.